The molecule has 0 bridgehead atoms. The Kier molecular flexibility index (Phi) is 5.87. The molecule has 2 fully saturated rings. The first-order chi connectivity index (χ1) is 14.6. The monoisotopic (exact) mass is 410 g/mol. The number of nitrogens with one attached hydrogen (secondary N) is 3. The number of anilines is 1. The summed E-state index contributed by atoms with van der Waals surface area (Å²) in [5, 5.41) is 3.02. The Hall–Kier alpha value is -3.10. The second kappa shape index (κ2) is 8.73. The normalized spacial score (nSPS) is 23.5. The third-order valence-electron chi connectivity index (χ3n) is 5.59. The van der Waals surface area contributed by atoms with Crippen LogP contribution in [-0.2, 0) is 9.59 Å². The average Bonchev–Trinajstić information content (AvgIpc) is 3.41. The maximum absolute atomic E-state index is 12.7. The molecular weight excluding hydrogens is 384 g/mol. The van der Waals surface area contributed by atoms with E-state index in [9.17, 15) is 9.59 Å². The summed E-state index contributed by atoms with van der Waals surface area (Å²) in [5.74, 6) is 1.43. The number of ether oxygens (including phenoxy) is 2. The molecule has 3 atom stereocenters. The number of carbonyl (C=O) groups is 2. The van der Waals surface area contributed by atoms with Crippen LogP contribution in [0.25, 0.3) is 0 Å². The zero-order chi connectivity index (χ0) is 21.1. The molecule has 0 radical (unpaired) electrons. The van der Waals surface area contributed by atoms with Gasteiger partial charge >= 0.3 is 0 Å². The number of rotatable bonds is 6. The number of hydrazine groups is 1. The predicted octanol–water partition coefficient (Wildman–Crippen LogP) is 1.53. The van der Waals surface area contributed by atoms with Gasteiger partial charge in [-0.3, -0.25) is 9.59 Å². The Morgan fingerprint density at radius 3 is 2.27 bits per heavy atom. The van der Waals surface area contributed by atoms with E-state index in [0.29, 0.717) is 19.4 Å². The fraction of sp³-hybridized carbons (Fsp3) is 0.364. The van der Waals surface area contributed by atoms with Crippen molar-refractivity contribution in [1.82, 2.24) is 16.2 Å². The summed E-state index contributed by atoms with van der Waals surface area (Å²) in [7, 11) is 3.24. The van der Waals surface area contributed by atoms with E-state index in [-0.39, 0.29) is 29.9 Å². The van der Waals surface area contributed by atoms with Crippen molar-refractivity contribution in [3.05, 3.63) is 54.1 Å². The van der Waals surface area contributed by atoms with Gasteiger partial charge in [-0.25, -0.2) is 10.9 Å². The van der Waals surface area contributed by atoms with Gasteiger partial charge in [-0.15, -0.1) is 0 Å². The summed E-state index contributed by atoms with van der Waals surface area (Å²) in [6, 6.07) is 14.6. The SMILES string of the molecule is COc1ccc(C2CC(C(=O)NC3CC(=O)N(c4ccc(OC)cc4)C3)NN2)cc1. The van der Waals surface area contributed by atoms with Gasteiger partial charge in [0.25, 0.3) is 0 Å². The molecule has 2 heterocycles. The molecule has 0 spiro atoms. The summed E-state index contributed by atoms with van der Waals surface area (Å²) in [4.78, 5) is 26.9. The molecule has 30 heavy (non-hydrogen) atoms. The summed E-state index contributed by atoms with van der Waals surface area (Å²) in [6.07, 6.45) is 0.918. The van der Waals surface area contributed by atoms with Crippen molar-refractivity contribution >= 4 is 17.5 Å². The lowest BCUT2D eigenvalue weighted by atomic mass is 10.0. The topological polar surface area (TPSA) is 91.9 Å². The van der Waals surface area contributed by atoms with E-state index in [1.54, 1.807) is 19.1 Å². The first-order valence-electron chi connectivity index (χ1n) is 9.97. The Morgan fingerprint density at radius 2 is 1.63 bits per heavy atom. The van der Waals surface area contributed by atoms with Crippen molar-refractivity contribution in [3.8, 4) is 11.5 Å². The zero-order valence-corrected chi connectivity index (χ0v) is 17.1. The number of hydrogen-bond acceptors (Lipinski definition) is 6. The van der Waals surface area contributed by atoms with E-state index in [2.05, 4.69) is 16.2 Å². The van der Waals surface area contributed by atoms with Gasteiger partial charge in [-0.2, -0.15) is 0 Å². The van der Waals surface area contributed by atoms with Crippen LogP contribution in [-0.4, -0.2) is 44.7 Å². The summed E-state index contributed by atoms with van der Waals surface area (Å²) < 4.78 is 10.4. The molecule has 2 aliphatic heterocycles. The molecule has 3 N–H and O–H groups in total. The van der Waals surface area contributed by atoms with Crippen LogP contribution in [0.5, 0.6) is 11.5 Å². The van der Waals surface area contributed by atoms with Crippen LogP contribution in [0.3, 0.4) is 0 Å². The maximum atomic E-state index is 12.7. The molecular formula is C22H26N4O4. The highest BCUT2D eigenvalue weighted by Crippen LogP contribution is 2.26. The molecule has 2 saturated heterocycles. The van der Waals surface area contributed by atoms with E-state index >= 15 is 0 Å². The standard InChI is InChI=1S/C22H26N4O4/c1-29-17-7-3-14(4-8-17)19-12-20(25-24-19)22(28)23-15-11-21(27)26(13-15)16-5-9-18(30-2)10-6-16/h3-10,15,19-20,24-25H,11-13H2,1-2H3,(H,23,28). The lowest BCUT2D eigenvalue weighted by molar-refractivity contribution is -0.123. The number of carbonyl (C=O) groups excluding carboxylic acids is 2. The fourth-order valence-corrected chi connectivity index (χ4v) is 3.90. The average molecular weight is 410 g/mol. The van der Waals surface area contributed by atoms with Crippen molar-refractivity contribution in [2.75, 3.05) is 25.7 Å². The fourth-order valence-electron chi connectivity index (χ4n) is 3.90. The van der Waals surface area contributed by atoms with E-state index in [4.69, 9.17) is 9.47 Å². The minimum atomic E-state index is -0.359. The molecule has 2 amide bonds. The third-order valence-corrected chi connectivity index (χ3v) is 5.59. The molecule has 2 aromatic rings. The number of hydrogen-bond donors (Lipinski definition) is 3. The molecule has 4 rings (SSSR count). The maximum Gasteiger partial charge on any atom is 0.238 e. The third kappa shape index (κ3) is 4.24. The molecule has 0 saturated carbocycles. The lowest BCUT2D eigenvalue weighted by Gasteiger charge is -2.18. The number of nitrogens with zero attached hydrogens (tertiary/aromatic N) is 1. The Bertz CT molecular complexity index is 900. The number of amides is 2. The lowest BCUT2D eigenvalue weighted by Crippen LogP contribution is -2.47. The zero-order valence-electron chi connectivity index (χ0n) is 17.1. The van der Waals surface area contributed by atoms with Gasteiger partial charge in [-0.05, 0) is 48.4 Å². The highest BCUT2D eigenvalue weighted by Gasteiger charge is 2.35. The van der Waals surface area contributed by atoms with Crippen molar-refractivity contribution in [3.63, 3.8) is 0 Å². The van der Waals surface area contributed by atoms with Gasteiger partial charge in [0.2, 0.25) is 11.8 Å². The van der Waals surface area contributed by atoms with Crippen LogP contribution in [0.1, 0.15) is 24.4 Å². The van der Waals surface area contributed by atoms with Crippen LogP contribution in [0.15, 0.2) is 48.5 Å². The molecule has 3 unspecified atom stereocenters. The van der Waals surface area contributed by atoms with Crippen LogP contribution in [0.2, 0.25) is 0 Å². The van der Waals surface area contributed by atoms with Crippen molar-refractivity contribution in [2.45, 2.75) is 31.0 Å². The number of methoxy groups -OCH3 is 2. The summed E-state index contributed by atoms with van der Waals surface area (Å²) in [5.41, 5.74) is 8.14. The first-order valence-corrected chi connectivity index (χ1v) is 9.97. The van der Waals surface area contributed by atoms with Crippen LogP contribution >= 0.6 is 0 Å². The Balaban J connectivity index is 1.32. The highest BCUT2D eigenvalue weighted by atomic mass is 16.5. The van der Waals surface area contributed by atoms with Gasteiger partial charge in [0.05, 0.1) is 20.3 Å². The second-order valence-corrected chi connectivity index (χ2v) is 7.51. The van der Waals surface area contributed by atoms with Gasteiger partial charge in [0.15, 0.2) is 0 Å². The molecule has 8 nitrogen and oxygen atoms in total. The van der Waals surface area contributed by atoms with Gasteiger partial charge in [0.1, 0.15) is 17.5 Å². The van der Waals surface area contributed by atoms with E-state index in [0.717, 1.165) is 22.7 Å². The number of benzene rings is 2. The summed E-state index contributed by atoms with van der Waals surface area (Å²) >= 11 is 0. The minimum absolute atomic E-state index is 0.000850. The molecule has 8 heteroatoms. The molecule has 158 valence electrons. The summed E-state index contributed by atoms with van der Waals surface area (Å²) in [6.45, 7) is 0.457. The van der Waals surface area contributed by atoms with Crippen LogP contribution in [0, 0.1) is 0 Å². The van der Waals surface area contributed by atoms with Crippen LogP contribution < -0.4 is 30.5 Å². The highest BCUT2D eigenvalue weighted by molar-refractivity contribution is 5.97. The minimum Gasteiger partial charge on any atom is -0.497 e. The molecule has 2 aliphatic rings. The van der Waals surface area contributed by atoms with E-state index in [1.807, 2.05) is 48.5 Å². The van der Waals surface area contributed by atoms with E-state index < -0.39 is 0 Å². The van der Waals surface area contributed by atoms with Gasteiger partial charge < -0.3 is 19.7 Å². The predicted molar refractivity (Wildman–Crippen MR) is 112 cm³/mol. The second-order valence-electron chi connectivity index (χ2n) is 7.51. The van der Waals surface area contributed by atoms with Crippen molar-refractivity contribution in [1.29, 1.82) is 0 Å². The molecule has 0 aliphatic carbocycles. The first kappa shape index (κ1) is 20.2. The Morgan fingerprint density at radius 1 is 1.00 bits per heavy atom. The van der Waals surface area contributed by atoms with Crippen molar-refractivity contribution < 1.29 is 19.1 Å². The van der Waals surface area contributed by atoms with Gasteiger partial charge in [-0.1, -0.05) is 12.1 Å². The quantitative estimate of drug-likeness (QED) is 0.669. The molecule has 0 aromatic heterocycles. The van der Waals surface area contributed by atoms with Crippen molar-refractivity contribution in [2.24, 2.45) is 0 Å². The van der Waals surface area contributed by atoms with E-state index in [1.165, 1.54) is 0 Å². The van der Waals surface area contributed by atoms with Crippen LogP contribution in [0.4, 0.5) is 5.69 Å². The Labute approximate surface area is 175 Å². The smallest absolute Gasteiger partial charge is 0.238 e. The molecule has 2 aromatic carbocycles. The largest absolute Gasteiger partial charge is 0.497 e. The van der Waals surface area contributed by atoms with Gasteiger partial charge in [0, 0.05) is 24.7 Å².